The fraction of sp³-hybridized carbons (Fsp3) is 0.553. The topological polar surface area (TPSA) is 376 Å². The van der Waals surface area contributed by atoms with Crippen molar-refractivity contribution in [3.63, 3.8) is 0 Å². The molecule has 0 aliphatic carbocycles. The number of aromatic nitrogens is 1. The van der Waals surface area contributed by atoms with Crippen molar-refractivity contribution in [2.75, 3.05) is 87.3 Å². The summed E-state index contributed by atoms with van der Waals surface area (Å²) in [6.45, 7) is 6.39. The van der Waals surface area contributed by atoms with Gasteiger partial charge in [-0.25, -0.2) is 4.39 Å². The van der Waals surface area contributed by atoms with Gasteiger partial charge in [0.1, 0.15) is 66.0 Å². The van der Waals surface area contributed by atoms with E-state index in [1.54, 1.807) is 79.7 Å². The number of benzene rings is 4. The average Bonchev–Trinajstić information content (AvgIpc) is 1.65. The van der Waals surface area contributed by atoms with Gasteiger partial charge in [0, 0.05) is 122 Å². The van der Waals surface area contributed by atoms with E-state index in [2.05, 4.69) is 61.9 Å². The number of hydrogen-bond donors (Lipinski definition) is 10. The van der Waals surface area contributed by atoms with Crippen LogP contribution in [0.15, 0.2) is 97.2 Å². The van der Waals surface area contributed by atoms with Gasteiger partial charge in [0.05, 0.1) is 53.1 Å². The summed E-state index contributed by atoms with van der Waals surface area (Å²) in [7, 11) is 7.42. The zero-order chi connectivity index (χ0) is 83.2. The van der Waals surface area contributed by atoms with Gasteiger partial charge in [-0.15, -0.1) is 0 Å². The standard InChI is InChI=1S/C85H115FN14O16/c1-54-77(106)94-68(50-89-71(102)20-11-10-14-41-100(4,5)42-17-43-114-6)79(108)91-65-46-59-18-15-19-60(44-59)49-88-73(104)53-116-70-34-40-98-76(70)81(110)95-75(55(2)101)80(109)93-66(45-57-25-28-63(115-7)29-26-57)83(112)99-39-16-35-85(99,3)84(113)87-36-33-56-21-23-58(24-22-56)51-97(74(105)32-31-72(103)90-54)38-13-9-8-12-37-96-52-61(47-67(82(98)111)92-78(65)107)64-48-62(86)27-30-69(64)96/h15,18-19,21-30,44,48,52,54-55,65-68,70,75-76,101H,8-14,16-17,20,31-43,45-47,49-51,53H2,1-7H3,(H8-,87,88,89,90,91,92,93,94,95,102,103,104,106,107,108,109,110,113)/p+1/t54-,55+,65-,66-,67-,68+,70-,75-,76-,85-/m0/s1. The van der Waals surface area contributed by atoms with Crippen molar-refractivity contribution in [3.8, 4) is 5.75 Å². The minimum Gasteiger partial charge on any atom is -0.497 e. The van der Waals surface area contributed by atoms with Gasteiger partial charge in [-0.2, -0.15) is 0 Å². The lowest BCUT2D eigenvalue weighted by molar-refractivity contribution is -0.890. The number of amides is 12. The van der Waals surface area contributed by atoms with Crippen LogP contribution in [0.3, 0.4) is 0 Å². The minimum atomic E-state index is -1.86. The van der Waals surface area contributed by atoms with Crippen LogP contribution in [-0.2, 0) is 112 Å². The third kappa shape index (κ3) is 24.1. The number of hydrogen-bond acceptors (Lipinski definition) is 16. The Balaban J connectivity index is 1.06. The van der Waals surface area contributed by atoms with Crippen LogP contribution in [0.5, 0.6) is 5.75 Å². The van der Waals surface area contributed by atoms with Gasteiger partial charge < -0.3 is 90.9 Å². The first-order valence-corrected chi connectivity index (χ1v) is 40.8. The number of fused-ring (bicyclic) bond motifs is 16. The van der Waals surface area contributed by atoms with Gasteiger partial charge >= 0.3 is 0 Å². The Morgan fingerprint density at radius 1 is 0.681 bits per heavy atom. The molecular weight excluding hydrogens is 1490 g/mol. The van der Waals surface area contributed by atoms with Crippen molar-refractivity contribution in [3.05, 3.63) is 136 Å². The highest BCUT2D eigenvalue weighted by Crippen LogP contribution is 2.33. The van der Waals surface area contributed by atoms with Crippen molar-refractivity contribution in [2.24, 2.45) is 0 Å². The van der Waals surface area contributed by atoms with Crippen molar-refractivity contribution in [1.82, 2.24) is 67.1 Å². The molecule has 0 radical (unpaired) electrons. The first-order valence-electron chi connectivity index (χ1n) is 40.8. The van der Waals surface area contributed by atoms with E-state index in [4.69, 9.17) is 14.2 Å². The van der Waals surface area contributed by atoms with Gasteiger partial charge in [0.25, 0.3) is 0 Å². The predicted molar refractivity (Wildman–Crippen MR) is 429 cm³/mol. The zero-order valence-corrected chi connectivity index (χ0v) is 67.8. The number of nitrogens with zero attached hydrogens (tertiary/aromatic N) is 5. The fourth-order valence-electron chi connectivity index (χ4n) is 16.0. The Hall–Kier alpha value is -10.4. The van der Waals surface area contributed by atoms with Crippen LogP contribution in [0.25, 0.3) is 10.9 Å². The monoisotopic (exact) mass is 1610 g/mol. The van der Waals surface area contributed by atoms with Gasteiger partial charge in [0.15, 0.2) is 0 Å². The summed E-state index contributed by atoms with van der Waals surface area (Å²) in [4.78, 5) is 183. The number of carbonyl (C=O) groups excluding carboxylic acids is 12. The second kappa shape index (κ2) is 41.5. The molecule has 2 fully saturated rings. The molecule has 12 bridgehead atoms. The van der Waals surface area contributed by atoms with Gasteiger partial charge in [-0.05, 0) is 142 Å². The highest BCUT2D eigenvalue weighted by Gasteiger charge is 2.50. The lowest BCUT2D eigenvalue weighted by Crippen LogP contribution is -2.64. The molecule has 628 valence electrons. The maximum absolute atomic E-state index is 16.3. The van der Waals surface area contributed by atoms with Crippen LogP contribution < -0.4 is 52.6 Å². The number of rotatable bonds is 16. The van der Waals surface area contributed by atoms with Crippen LogP contribution >= 0.6 is 0 Å². The third-order valence-corrected chi connectivity index (χ3v) is 22.8. The molecule has 30 nitrogen and oxygen atoms in total. The fourth-order valence-corrected chi connectivity index (χ4v) is 16.0. The van der Waals surface area contributed by atoms with Gasteiger partial charge in [0.2, 0.25) is 70.9 Å². The molecule has 31 heteroatoms. The molecule has 5 aromatic rings. The second-order valence-electron chi connectivity index (χ2n) is 32.2. The SMILES string of the molecule is COCCC[N+](C)(C)CCCCCC(=O)NC[C@H]1NC(=O)[C@H](C)NC(=O)CCC(=O)N2CCCCCCn3cc(c4cc(F)ccc43)C[C@@H]3NC(=O)[C@H](Cc4cccc(c4)CNC(=O)CO[C@H]4CCN(C3=O)[C@@H]4C(=O)N[C@@H]([C@@H](C)O)C(=O)N[C@@H](Cc3ccc(OC)cc3)C(=O)N3CCC[C@@]3(C)C(=O)NCCc3ccc(cc3)C2)NC1=O. The Morgan fingerprint density at radius 3 is 2.16 bits per heavy atom. The number of carbonyl (C=O) groups is 12. The van der Waals surface area contributed by atoms with E-state index in [1.165, 1.54) is 38.0 Å². The molecule has 10 N–H and O–H groups in total. The van der Waals surface area contributed by atoms with Crippen LogP contribution in [0, 0.1) is 5.82 Å². The maximum Gasteiger partial charge on any atom is 0.246 e. The summed E-state index contributed by atoms with van der Waals surface area (Å²) in [6.07, 6.45) is 3.83. The van der Waals surface area contributed by atoms with E-state index in [-0.39, 0.29) is 90.0 Å². The van der Waals surface area contributed by atoms with E-state index in [9.17, 15) is 33.9 Å². The van der Waals surface area contributed by atoms with E-state index in [0.29, 0.717) is 110 Å². The lowest BCUT2D eigenvalue weighted by atomic mass is 9.95. The minimum absolute atomic E-state index is 0.0644. The largest absolute Gasteiger partial charge is 0.497 e. The molecule has 2 saturated heterocycles. The zero-order valence-electron chi connectivity index (χ0n) is 67.8. The molecule has 0 spiro atoms. The molecule has 11 rings (SSSR count). The van der Waals surface area contributed by atoms with Crippen molar-refractivity contribution < 1.29 is 85.7 Å². The summed E-state index contributed by atoms with van der Waals surface area (Å²) in [6, 6.07) is 14.0. The van der Waals surface area contributed by atoms with Crippen LogP contribution in [0.1, 0.15) is 144 Å². The van der Waals surface area contributed by atoms with E-state index in [1.807, 2.05) is 28.8 Å². The molecule has 10 atom stereocenters. The number of aryl methyl sites for hydroxylation is 1. The van der Waals surface area contributed by atoms with Gasteiger partial charge in [-0.3, -0.25) is 57.5 Å². The second-order valence-corrected chi connectivity index (χ2v) is 32.2. The molecule has 0 unspecified atom stereocenters. The number of aliphatic hydroxyl groups is 1. The third-order valence-electron chi connectivity index (χ3n) is 22.8. The quantitative estimate of drug-likeness (QED) is 0.0501. The summed E-state index contributed by atoms with van der Waals surface area (Å²) < 4.78 is 35.5. The molecular formula is C85H116FN14O16+. The Labute approximate surface area is 677 Å². The Morgan fingerprint density at radius 2 is 1.41 bits per heavy atom. The van der Waals surface area contributed by atoms with Crippen LogP contribution in [0.2, 0.25) is 0 Å². The number of ether oxygens (including phenoxy) is 3. The molecule has 116 heavy (non-hydrogen) atoms. The highest BCUT2D eigenvalue weighted by atomic mass is 19.1. The van der Waals surface area contributed by atoms with Crippen LogP contribution in [0.4, 0.5) is 4.39 Å². The first-order chi connectivity index (χ1) is 55.6. The van der Waals surface area contributed by atoms with E-state index >= 15 is 33.2 Å². The Kier molecular flexibility index (Phi) is 31.5. The number of methoxy groups -OCH3 is 2. The number of quaternary nitrogens is 1. The highest BCUT2D eigenvalue weighted by molar-refractivity contribution is 6.00. The Bertz CT molecular complexity index is 4310. The first kappa shape index (κ1) is 88.0. The number of unbranched alkanes of at least 4 members (excludes halogenated alkanes) is 2. The molecule has 6 aliphatic rings. The summed E-state index contributed by atoms with van der Waals surface area (Å²) in [5, 5.41) is 37.3. The van der Waals surface area contributed by atoms with Crippen molar-refractivity contribution in [1.29, 1.82) is 0 Å². The maximum atomic E-state index is 16.3. The van der Waals surface area contributed by atoms with E-state index in [0.717, 1.165) is 46.4 Å². The predicted octanol–water partition coefficient (Wildman–Crippen LogP) is 2.97. The average molecular weight is 1610 g/mol. The molecule has 7 heterocycles. The smallest absolute Gasteiger partial charge is 0.246 e. The molecule has 0 saturated carbocycles. The summed E-state index contributed by atoms with van der Waals surface area (Å²) >= 11 is 0. The molecule has 4 aromatic carbocycles. The van der Waals surface area contributed by atoms with Gasteiger partial charge in [-0.1, -0.05) is 73.5 Å². The number of nitrogens with one attached hydrogen (secondary N) is 9. The molecule has 6 aliphatic heterocycles. The lowest BCUT2D eigenvalue weighted by Gasteiger charge is -2.37. The summed E-state index contributed by atoms with van der Waals surface area (Å²) in [5.74, 6) is -9.02. The molecule has 12 amide bonds. The molecule has 1 aromatic heterocycles. The van der Waals surface area contributed by atoms with E-state index < -0.39 is 144 Å². The number of halogens is 1. The van der Waals surface area contributed by atoms with Crippen molar-refractivity contribution >= 4 is 81.8 Å². The van der Waals surface area contributed by atoms with Crippen LogP contribution in [-0.4, -0.2) is 247 Å². The summed E-state index contributed by atoms with van der Waals surface area (Å²) in [5.41, 5.74) is 2.75. The number of aliphatic hydroxyl groups excluding tert-OH is 1. The normalized spacial score (nSPS) is 24.5. The van der Waals surface area contributed by atoms with Crippen molar-refractivity contribution in [2.45, 2.75) is 216 Å².